The van der Waals surface area contributed by atoms with Crippen molar-refractivity contribution in [3.05, 3.63) is 57.9 Å². The van der Waals surface area contributed by atoms with Crippen molar-refractivity contribution in [3.8, 4) is 0 Å². The SMILES string of the molecule is O=[N+]([O-])c1ccc(CS(=O)(=O)N2CCn3nccc3C2)cc1. The molecule has 0 aliphatic carbocycles. The highest BCUT2D eigenvalue weighted by molar-refractivity contribution is 7.88. The number of hydrogen-bond acceptors (Lipinski definition) is 5. The van der Waals surface area contributed by atoms with Gasteiger partial charge in [0.05, 0.1) is 29.5 Å². The van der Waals surface area contributed by atoms with Crippen molar-refractivity contribution in [2.24, 2.45) is 0 Å². The van der Waals surface area contributed by atoms with Gasteiger partial charge in [0.2, 0.25) is 10.0 Å². The van der Waals surface area contributed by atoms with Gasteiger partial charge in [0.25, 0.3) is 5.69 Å². The van der Waals surface area contributed by atoms with Gasteiger partial charge in [-0.1, -0.05) is 12.1 Å². The Kier molecular flexibility index (Phi) is 3.67. The molecule has 0 unspecified atom stereocenters. The van der Waals surface area contributed by atoms with Crippen LogP contribution in [0.4, 0.5) is 5.69 Å². The van der Waals surface area contributed by atoms with E-state index in [2.05, 4.69) is 5.10 Å². The molecule has 0 N–H and O–H groups in total. The summed E-state index contributed by atoms with van der Waals surface area (Å²) in [4.78, 5) is 10.1. The largest absolute Gasteiger partial charge is 0.269 e. The average Bonchev–Trinajstić information content (AvgIpc) is 2.94. The molecule has 0 spiro atoms. The lowest BCUT2D eigenvalue weighted by Crippen LogP contribution is -2.38. The molecule has 1 aliphatic rings. The summed E-state index contributed by atoms with van der Waals surface area (Å²) in [5.41, 5.74) is 1.34. The summed E-state index contributed by atoms with van der Waals surface area (Å²) in [6, 6.07) is 7.38. The second-order valence-corrected chi connectivity index (χ2v) is 7.03. The fourth-order valence-corrected chi connectivity index (χ4v) is 3.90. The smallest absolute Gasteiger partial charge is 0.267 e. The van der Waals surface area contributed by atoms with Crippen LogP contribution in [0.1, 0.15) is 11.3 Å². The highest BCUT2D eigenvalue weighted by Gasteiger charge is 2.27. The van der Waals surface area contributed by atoms with Crippen molar-refractivity contribution in [2.45, 2.75) is 18.8 Å². The van der Waals surface area contributed by atoms with E-state index < -0.39 is 14.9 Å². The zero-order valence-corrected chi connectivity index (χ0v) is 12.4. The van der Waals surface area contributed by atoms with E-state index in [-0.39, 0.29) is 11.4 Å². The van der Waals surface area contributed by atoms with Gasteiger partial charge >= 0.3 is 0 Å². The molecule has 1 aromatic heterocycles. The standard InChI is InChI=1S/C13H14N4O4S/c18-17(19)12-3-1-11(2-4-12)10-22(20,21)15-7-8-16-13(9-15)5-6-14-16/h1-6H,7-10H2. The third-order valence-corrected chi connectivity index (χ3v) is 5.39. The third-order valence-electron chi connectivity index (χ3n) is 3.59. The van der Waals surface area contributed by atoms with E-state index >= 15 is 0 Å². The summed E-state index contributed by atoms with van der Waals surface area (Å²) < 4.78 is 28.1. The lowest BCUT2D eigenvalue weighted by molar-refractivity contribution is -0.384. The Balaban J connectivity index is 1.75. The number of non-ortho nitro benzene ring substituents is 1. The monoisotopic (exact) mass is 322 g/mol. The first-order valence-corrected chi connectivity index (χ1v) is 8.28. The van der Waals surface area contributed by atoms with Crippen LogP contribution in [0, 0.1) is 10.1 Å². The minimum absolute atomic E-state index is 0.0528. The van der Waals surface area contributed by atoms with Crippen LogP contribution in [-0.2, 0) is 28.9 Å². The van der Waals surface area contributed by atoms with Crippen molar-refractivity contribution >= 4 is 15.7 Å². The molecule has 2 heterocycles. The number of benzene rings is 1. The summed E-state index contributed by atoms with van der Waals surface area (Å²) in [5.74, 6) is -0.168. The normalized spacial score (nSPS) is 15.5. The van der Waals surface area contributed by atoms with Crippen LogP contribution >= 0.6 is 0 Å². The molecule has 8 nitrogen and oxygen atoms in total. The molecule has 0 saturated heterocycles. The molecule has 1 aliphatic heterocycles. The lowest BCUT2D eigenvalue weighted by Gasteiger charge is -2.27. The predicted molar refractivity (Wildman–Crippen MR) is 78.4 cm³/mol. The number of nitro benzene ring substituents is 1. The van der Waals surface area contributed by atoms with Crippen LogP contribution in [0.2, 0.25) is 0 Å². The molecule has 22 heavy (non-hydrogen) atoms. The van der Waals surface area contributed by atoms with E-state index in [0.717, 1.165) is 5.69 Å². The number of aromatic nitrogens is 2. The maximum atomic E-state index is 12.5. The topological polar surface area (TPSA) is 98.3 Å². The second-order valence-electron chi connectivity index (χ2n) is 5.06. The minimum atomic E-state index is -3.47. The summed E-state index contributed by atoms with van der Waals surface area (Å²) in [7, 11) is -3.47. The summed E-state index contributed by atoms with van der Waals surface area (Å²) in [6.45, 7) is 1.21. The first-order valence-electron chi connectivity index (χ1n) is 6.67. The Morgan fingerprint density at radius 2 is 1.91 bits per heavy atom. The van der Waals surface area contributed by atoms with Gasteiger partial charge in [-0.25, -0.2) is 8.42 Å². The quantitative estimate of drug-likeness (QED) is 0.621. The molecule has 0 amide bonds. The van der Waals surface area contributed by atoms with E-state index in [0.29, 0.717) is 25.2 Å². The van der Waals surface area contributed by atoms with Gasteiger partial charge in [-0.2, -0.15) is 9.40 Å². The number of fused-ring (bicyclic) bond motifs is 1. The molecule has 0 fully saturated rings. The first-order chi connectivity index (χ1) is 10.5. The van der Waals surface area contributed by atoms with Gasteiger partial charge in [0.1, 0.15) is 0 Å². The van der Waals surface area contributed by atoms with E-state index in [1.165, 1.54) is 28.6 Å². The Hall–Kier alpha value is -2.26. The van der Waals surface area contributed by atoms with E-state index in [1.807, 2.05) is 0 Å². The molecule has 2 aromatic rings. The van der Waals surface area contributed by atoms with Crippen molar-refractivity contribution in [1.29, 1.82) is 0 Å². The third kappa shape index (κ3) is 2.85. The Morgan fingerprint density at radius 3 is 2.59 bits per heavy atom. The number of sulfonamides is 1. The van der Waals surface area contributed by atoms with Crippen LogP contribution in [0.15, 0.2) is 36.5 Å². The summed E-state index contributed by atoms with van der Waals surface area (Å²) >= 11 is 0. The minimum Gasteiger partial charge on any atom is -0.267 e. The molecule has 0 bridgehead atoms. The first kappa shape index (κ1) is 14.7. The van der Waals surface area contributed by atoms with Gasteiger partial charge in [-0.15, -0.1) is 0 Å². The van der Waals surface area contributed by atoms with Gasteiger partial charge < -0.3 is 0 Å². The Morgan fingerprint density at radius 1 is 1.18 bits per heavy atom. The molecule has 1 aromatic carbocycles. The van der Waals surface area contributed by atoms with Gasteiger partial charge in [0.15, 0.2) is 0 Å². The number of nitrogens with zero attached hydrogens (tertiary/aromatic N) is 4. The number of hydrogen-bond donors (Lipinski definition) is 0. The lowest BCUT2D eigenvalue weighted by atomic mass is 10.2. The van der Waals surface area contributed by atoms with Crippen molar-refractivity contribution in [2.75, 3.05) is 6.54 Å². The van der Waals surface area contributed by atoms with E-state index in [4.69, 9.17) is 0 Å². The Bertz CT molecular complexity index is 798. The Labute approximate surface area is 127 Å². The van der Waals surface area contributed by atoms with Crippen molar-refractivity contribution < 1.29 is 13.3 Å². The summed E-state index contributed by atoms with van der Waals surface area (Å²) in [5, 5.41) is 14.7. The predicted octanol–water partition coefficient (Wildman–Crippen LogP) is 1.14. The average molecular weight is 322 g/mol. The fraction of sp³-hybridized carbons (Fsp3) is 0.308. The highest BCUT2D eigenvalue weighted by Crippen LogP contribution is 2.19. The molecule has 0 saturated carbocycles. The van der Waals surface area contributed by atoms with Crippen molar-refractivity contribution in [1.82, 2.24) is 14.1 Å². The van der Waals surface area contributed by atoms with Gasteiger partial charge in [-0.05, 0) is 11.6 Å². The number of rotatable bonds is 4. The number of nitro groups is 1. The van der Waals surface area contributed by atoms with Crippen LogP contribution in [0.3, 0.4) is 0 Å². The molecule has 9 heteroatoms. The molecule has 0 atom stereocenters. The molecular weight excluding hydrogens is 308 g/mol. The fourth-order valence-electron chi connectivity index (χ4n) is 2.41. The highest BCUT2D eigenvalue weighted by atomic mass is 32.2. The van der Waals surface area contributed by atoms with E-state index in [1.54, 1.807) is 16.9 Å². The molecule has 116 valence electrons. The van der Waals surface area contributed by atoms with Crippen molar-refractivity contribution in [3.63, 3.8) is 0 Å². The van der Waals surface area contributed by atoms with Gasteiger partial charge in [0, 0.05) is 24.9 Å². The van der Waals surface area contributed by atoms with Crippen LogP contribution in [0.25, 0.3) is 0 Å². The maximum absolute atomic E-state index is 12.5. The van der Waals surface area contributed by atoms with Gasteiger partial charge in [-0.3, -0.25) is 14.8 Å². The van der Waals surface area contributed by atoms with E-state index in [9.17, 15) is 18.5 Å². The zero-order valence-electron chi connectivity index (χ0n) is 11.6. The summed E-state index contributed by atoms with van der Waals surface area (Å²) in [6.07, 6.45) is 1.65. The maximum Gasteiger partial charge on any atom is 0.269 e. The molecule has 0 radical (unpaired) electrons. The van der Waals surface area contributed by atoms with Crippen LogP contribution < -0.4 is 0 Å². The molecular formula is C13H14N4O4S. The second kappa shape index (κ2) is 5.50. The van der Waals surface area contributed by atoms with Crippen LogP contribution in [0.5, 0.6) is 0 Å². The van der Waals surface area contributed by atoms with Crippen LogP contribution in [-0.4, -0.2) is 34.0 Å². The zero-order chi connectivity index (χ0) is 15.7. The molecule has 3 rings (SSSR count).